The summed E-state index contributed by atoms with van der Waals surface area (Å²) in [5.74, 6) is -2.79. The first kappa shape index (κ1) is 32.9. The zero-order valence-corrected chi connectivity index (χ0v) is 27.4. The largest absolute Gasteiger partial charge is 0.482 e. The highest BCUT2D eigenvalue weighted by Gasteiger charge is 2.68. The molecule has 7 rings (SSSR count). The van der Waals surface area contributed by atoms with Crippen molar-refractivity contribution in [1.82, 2.24) is 15.1 Å². The molecule has 1 aromatic rings. The lowest BCUT2D eigenvalue weighted by Gasteiger charge is -2.64. The molecule has 6 aliphatic rings. The molecule has 46 heavy (non-hydrogen) atoms. The van der Waals surface area contributed by atoms with Crippen molar-refractivity contribution in [3.8, 4) is 6.07 Å². The lowest BCUT2D eigenvalue weighted by Crippen LogP contribution is -2.65. The number of nitrogens with one attached hydrogen (secondary N) is 1. The van der Waals surface area contributed by atoms with Crippen molar-refractivity contribution in [3.63, 3.8) is 0 Å². The van der Waals surface area contributed by atoms with Gasteiger partial charge in [0.2, 0.25) is 0 Å². The second-order valence-electron chi connectivity index (χ2n) is 15.2. The summed E-state index contributed by atoms with van der Waals surface area (Å²) in [6.07, 6.45) is 3.71. The number of amides is 2. The van der Waals surface area contributed by atoms with E-state index in [4.69, 9.17) is 14.0 Å². The molecule has 0 spiro atoms. The first-order chi connectivity index (χ1) is 21.6. The zero-order chi connectivity index (χ0) is 33.1. The van der Waals surface area contributed by atoms with Crippen LogP contribution in [-0.4, -0.2) is 90.3 Å². The molecule has 12 heteroatoms. The van der Waals surface area contributed by atoms with Gasteiger partial charge in [0.15, 0.2) is 0 Å². The van der Waals surface area contributed by atoms with Gasteiger partial charge in [0.1, 0.15) is 18.2 Å². The minimum absolute atomic E-state index is 0.0331. The second-order valence-corrected chi connectivity index (χ2v) is 15.2. The average Bonchev–Trinajstić information content (AvgIpc) is 3.54. The molecule has 3 aliphatic carbocycles. The Kier molecular flexibility index (Phi) is 8.52. The van der Waals surface area contributed by atoms with Gasteiger partial charge in [-0.05, 0) is 75.3 Å². The van der Waals surface area contributed by atoms with E-state index in [-0.39, 0.29) is 36.7 Å². The van der Waals surface area contributed by atoms with Crippen LogP contribution in [0.4, 0.5) is 13.6 Å². The van der Waals surface area contributed by atoms with Crippen molar-refractivity contribution in [2.45, 2.75) is 102 Å². The molecule has 1 N–H and O–H groups in total. The Hall–Kier alpha value is -3.01. The molecule has 3 heterocycles. The Bertz CT molecular complexity index is 1420. The van der Waals surface area contributed by atoms with E-state index in [0.29, 0.717) is 31.2 Å². The molecule has 0 aromatic heterocycles. The van der Waals surface area contributed by atoms with Crippen molar-refractivity contribution in [2.75, 3.05) is 26.2 Å². The number of likely N-dealkylation sites (tertiary alicyclic amines) is 2. The molecule has 3 saturated carbocycles. The maximum Gasteiger partial charge on any atom is 0.482 e. The van der Waals surface area contributed by atoms with Gasteiger partial charge in [-0.2, -0.15) is 5.26 Å². The molecular formula is C34H45BF2N4O5. The van der Waals surface area contributed by atoms with Gasteiger partial charge in [0.25, 0.3) is 11.8 Å². The van der Waals surface area contributed by atoms with Crippen LogP contribution in [0.1, 0.15) is 65.9 Å². The molecule has 2 amide bonds. The van der Waals surface area contributed by atoms with Crippen LogP contribution in [0, 0.1) is 28.6 Å². The van der Waals surface area contributed by atoms with E-state index in [1.54, 1.807) is 18.7 Å². The monoisotopic (exact) mass is 638 g/mol. The van der Waals surface area contributed by atoms with Crippen molar-refractivity contribution < 1.29 is 32.4 Å². The Morgan fingerprint density at radius 1 is 1.22 bits per heavy atom. The van der Waals surface area contributed by atoms with Crippen molar-refractivity contribution in [1.29, 1.82) is 5.26 Å². The average molecular weight is 639 g/mol. The number of alkyl halides is 2. The summed E-state index contributed by atoms with van der Waals surface area (Å²) in [4.78, 5) is 29.6. The van der Waals surface area contributed by atoms with E-state index in [9.17, 15) is 23.6 Å². The molecular weight excluding hydrogens is 593 g/mol. The summed E-state index contributed by atoms with van der Waals surface area (Å²) in [6, 6.07) is 11.4. The molecule has 2 bridgehead atoms. The lowest BCUT2D eigenvalue weighted by molar-refractivity contribution is -0.199. The molecule has 6 atom stereocenters. The maximum atomic E-state index is 13.8. The summed E-state index contributed by atoms with van der Waals surface area (Å²) in [6.45, 7) is 10.3. The van der Waals surface area contributed by atoms with Crippen LogP contribution in [-0.2, 0) is 25.3 Å². The normalized spacial score (nSPS) is 32.1. The number of rotatable bonds is 9. The number of carbonyl (C=O) groups is 2. The molecule has 1 aromatic carbocycles. The van der Waals surface area contributed by atoms with Gasteiger partial charge < -0.3 is 24.3 Å². The zero-order valence-electron chi connectivity index (χ0n) is 27.4. The van der Waals surface area contributed by atoms with Crippen LogP contribution in [0.2, 0.25) is 0 Å². The van der Waals surface area contributed by atoms with Crippen molar-refractivity contribution in [3.05, 3.63) is 47.5 Å². The molecule has 0 unspecified atom stereocenters. The number of hydrogen-bond donors (Lipinski definition) is 1. The predicted molar refractivity (Wildman–Crippen MR) is 168 cm³/mol. The Morgan fingerprint density at radius 2 is 1.96 bits per heavy atom. The fraction of sp³-hybridized carbons (Fsp3) is 0.676. The minimum Gasteiger partial charge on any atom is -0.447 e. The smallest absolute Gasteiger partial charge is 0.447 e. The van der Waals surface area contributed by atoms with Gasteiger partial charge >= 0.3 is 13.2 Å². The van der Waals surface area contributed by atoms with Gasteiger partial charge in [-0.3, -0.25) is 9.69 Å². The van der Waals surface area contributed by atoms with E-state index < -0.39 is 54.7 Å². The van der Waals surface area contributed by atoms with Crippen LogP contribution < -0.4 is 5.32 Å². The SMILES string of the molecule is CC1(C)[C@@H]2C[C@H]3OB([C@H](Cc4ccccc4)NC(=O)OC[C@H]4CCN4C(=O)C(C#N)=CC(C)(C)N4CCC(F)(F)C4)O[C@@]3(C)[C@H]1C2. The second kappa shape index (κ2) is 11.9. The molecule has 3 aliphatic heterocycles. The van der Waals surface area contributed by atoms with Gasteiger partial charge in [-0.15, -0.1) is 0 Å². The quantitative estimate of drug-likeness (QED) is 0.236. The standard InChI is InChI=1S/C34H45BF2N4O5/c1-31(2,40-14-12-34(36,37)21-40)18-23(19-38)29(42)41-13-11-25(41)20-44-30(43)39-28(15-22-9-7-6-8-10-22)35-45-27-17-24-16-26(32(24,3)4)33(27,5)46-35/h6-10,18,24-28H,11-17,20-21H2,1-5H3,(H,39,43)/t24-,25+,26-,27+,28-,33-/m0/s1. The maximum absolute atomic E-state index is 13.8. The van der Waals surface area contributed by atoms with Gasteiger partial charge in [0, 0.05) is 25.0 Å². The van der Waals surface area contributed by atoms with Crippen LogP contribution in [0.25, 0.3) is 0 Å². The van der Waals surface area contributed by atoms with Gasteiger partial charge in [-0.1, -0.05) is 44.2 Å². The van der Waals surface area contributed by atoms with E-state index >= 15 is 0 Å². The summed E-state index contributed by atoms with van der Waals surface area (Å²) >= 11 is 0. The molecule has 9 nitrogen and oxygen atoms in total. The van der Waals surface area contributed by atoms with Gasteiger partial charge in [0.05, 0.1) is 30.2 Å². The number of nitriles is 1. The van der Waals surface area contributed by atoms with Crippen LogP contribution >= 0.6 is 0 Å². The summed E-state index contributed by atoms with van der Waals surface area (Å²) in [7, 11) is -0.637. The number of ether oxygens (including phenoxy) is 1. The summed E-state index contributed by atoms with van der Waals surface area (Å²) < 4.78 is 46.5. The van der Waals surface area contributed by atoms with Gasteiger partial charge in [-0.25, -0.2) is 13.6 Å². The Balaban J connectivity index is 1.08. The lowest BCUT2D eigenvalue weighted by atomic mass is 9.43. The van der Waals surface area contributed by atoms with Crippen LogP contribution in [0.5, 0.6) is 0 Å². The van der Waals surface area contributed by atoms with E-state index in [1.807, 2.05) is 36.4 Å². The Morgan fingerprint density at radius 3 is 2.57 bits per heavy atom. The number of halogens is 2. The molecule has 6 fully saturated rings. The highest BCUT2D eigenvalue weighted by atomic mass is 19.3. The van der Waals surface area contributed by atoms with Crippen LogP contribution in [0.15, 0.2) is 42.0 Å². The first-order valence-electron chi connectivity index (χ1n) is 16.5. The topological polar surface area (TPSA) is 104 Å². The number of alkyl carbamates (subject to hydrolysis) is 1. The first-order valence-corrected chi connectivity index (χ1v) is 16.5. The summed E-state index contributed by atoms with van der Waals surface area (Å²) in [5.41, 5.74) is -0.219. The Labute approximate surface area is 270 Å². The third kappa shape index (κ3) is 6.06. The number of benzene rings is 1. The molecule has 0 radical (unpaired) electrons. The highest BCUT2D eigenvalue weighted by Crippen LogP contribution is 2.65. The fourth-order valence-corrected chi connectivity index (χ4v) is 8.37. The minimum atomic E-state index is -2.79. The highest BCUT2D eigenvalue weighted by molar-refractivity contribution is 6.47. The van der Waals surface area contributed by atoms with Crippen molar-refractivity contribution >= 4 is 19.1 Å². The number of nitrogens with zero attached hydrogens (tertiary/aromatic N) is 3. The third-order valence-electron chi connectivity index (χ3n) is 11.5. The van der Waals surface area contributed by atoms with Crippen LogP contribution in [0.3, 0.4) is 0 Å². The molecule has 248 valence electrons. The molecule has 3 saturated heterocycles. The van der Waals surface area contributed by atoms with E-state index in [0.717, 1.165) is 18.4 Å². The predicted octanol–water partition coefficient (Wildman–Crippen LogP) is 4.76. The van der Waals surface area contributed by atoms with Crippen molar-refractivity contribution in [2.24, 2.45) is 17.3 Å². The van der Waals surface area contributed by atoms with E-state index in [1.165, 1.54) is 11.0 Å². The fourth-order valence-electron chi connectivity index (χ4n) is 8.37. The third-order valence-corrected chi connectivity index (χ3v) is 11.5. The summed E-state index contributed by atoms with van der Waals surface area (Å²) in [5, 5.41) is 12.8. The number of hydrogen-bond acceptors (Lipinski definition) is 7. The number of carbonyl (C=O) groups excluding carboxylic acids is 2. The van der Waals surface area contributed by atoms with E-state index in [2.05, 4.69) is 26.1 Å².